The largest absolute Gasteiger partial charge is 0.373 e. The lowest BCUT2D eigenvalue weighted by molar-refractivity contribution is 0.842. The van der Waals surface area contributed by atoms with Gasteiger partial charge in [0, 0.05) is 25.0 Å². The molecular weight excluding hydrogens is 250 g/mol. The fourth-order valence-corrected chi connectivity index (χ4v) is 2.16. The summed E-state index contributed by atoms with van der Waals surface area (Å²) in [5, 5.41) is 6.59. The second kappa shape index (κ2) is 6.84. The summed E-state index contributed by atoms with van der Waals surface area (Å²) in [5.74, 6) is 1.78. The van der Waals surface area contributed by atoms with Crippen LogP contribution in [-0.2, 0) is 6.42 Å². The van der Waals surface area contributed by atoms with Crippen LogP contribution < -0.4 is 10.6 Å². The SMILES string of the molecule is CCCc1c(NC)ncnc1NC(C)c1cccnc1. The Morgan fingerprint density at radius 2 is 2.05 bits per heavy atom. The number of nitrogens with zero attached hydrogens (tertiary/aromatic N) is 3. The van der Waals surface area contributed by atoms with Crippen molar-refractivity contribution in [2.45, 2.75) is 32.7 Å². The van der Waals surface area contributed by atoms with Crippen LogP contribution >= 0.6 is 0 Å². The van der Waals surface area contributed by atoms with E-state index >= 15 is 0 Å². The normalized spacial score (nSPS) is 11.9. The zero-order valence-corrected chi connectivity index (χ0v) is 12.2. The number of anilines is 2. The molecule has 1 atom stereocenters. The third-order valence-corrected chi connectivity index (χ3v) is 3.22. The van der Waals surface area contributed by atoms with Gasteiger partial charge < -0.3 is 10.6 Å². The third-order valence-electron chi connectivity index (χ3n) is 3.22. The minimum atomic E-state index is 0.152. The summed E-state index contributed by atoms with van der Waals surface area (Å²) in [4.78, 5) is 12.8. The van der Waals surface area contributed by atoms with Crippen LogP contribution in [0.25, 0.3) is 0 Å². The summed E-state index contributed by atoms with van der Waals surface area (Å²) in [6, 6.07) is 4.16. The molecule has 5 nitrogen and oxygen atoms in total. The molecule has 2 N–H and O–H groups in total. The number of aromatic nitrogens is 3. The molecule has 0 aliphatic heterocycles. The fourth-order valence-electron chi connectivity index (χ4n) is 2.16. The number of nitrogens with one attached hydrogen (secondary N) is 2. The highest BCUT2D eigenvalue weighted by Crippen LogP contribution is 2.25. The smallest absolute Gasteiger partial charge is 0.135 e. The molecule has 2 heterocycles. The van der Waals surface area contributed by atoms with Gasteiger partial charge in [-0.2, -0.15) is 0 Å². The molecule has 0 amide bonds. The van der Waals surface area contributed by atoms with Gasteiger partial charge in [-0.05, 0) is 25.0 Å². The van der Waals surface area contributed by atoms with Crippen LogP contribution in [-0.4, -0.2) is 22.0 Å². The highest BCUT2D eigenvalue weighted by molar-refractivity contribution is 5.57. The van der Waals surface area contributed by atoms with E-state index in [2.05, 4.69) is 45.5 Å². The number of hydrogen-bond donors (Lipinski definition) is 2. The van der Waals surface area contributed by atoms with E-state index in [0.717, 1.165) is 35.6 Å². The Hall–Kier alpha value is -2.17. The standard InChI is InChI=1S/C15H21N5/c1-4-6-13-14(16-3)18-10-19-15(13)20-11(2)12-7-5-8-17-9-12/h5,7-11H,4,6H2,1-3H3,(H2,16,18,19,20). The molecule has 0 aliphatic carbocycles. The van der Waals surface area contributed by atoms with Gasteiger partial charge in [0.25, 0.3) is 0 Å². The first-order valence-electron chi connectivity index (χ1n) is 6.94. The molecule has 0 radical (unpaired) electrons. The molecule has 20 heavy (non-hydrogen) atoms. The summed E-state index contributed by atoms with van der Waals surface area (Å²) in [5.41, 5.74) is 2.27. The van der Waals surface area contributed by atoms with E-state index in [1.54, 1.807) is 12.5 Å². The summed E-state index contributed by atoms with van der Waals surface area (Å²) in [6.45, 7) is 4.26. The molecular formula is C15H21N5. The Labute approximate surface area is 119 Å². The molecule has 5 heteroatoms. The van der Waals surface area contributed by atoms with Crippen molar-refractivity contribution in [2.24, 2.45) is 0 Å². The summed E-state index contributed by atoms with van der Waals surface area (Å²) >= 11 is 0. The maximum atomic E-state index is 4.39. The lowest BCUT2D eigenvalue weighted by Gasteiger charge is -2.18. The monoisotopic (exact) mass is 271 g/mol. The van der Waals surface area contributed by atoms with Crippen LogP contribution in [0.2, 0.25) is 0 Å². The molecule has 2 aromatic heterocycles. The quantitative estimate of drug-likeness (QED) is 0.845. The number of rotatable bonds is 6. The highest BCUT2D eigenvalue weighted by atomic mass is 15.1. The van der Waals surface area contributed by atoms with E-state index in [1.165, 1.54) is 0 Å². The van der Waals surface area contributed by atoms with E-state index in [0.29, 0.717) is 0 Å². The van der Waals surface area contributed by atoms with Crippen molar-refractivity contribution in [3.05, 3.63) is 42.0 Å². The molecule has 2 aromatic rings. The molecule has 2 rings (SSSR count). The lowest BCUT2D eigenvalue weighted by atomic mass is 10.1. The molecule has 0 aliphatic rings. The predicted octanol–water partition coefficient (Wildman–Crippen LogP) is 3.04. The lowest BCUT2D eigenvalue weighted by Crippen LogP contribution is -2.12. The van der Waals surface area contributed by atoms with Gasteiger partial charge in [0.05, 0.1) is 6.04 Å². The second-order valence-electron chi connectivity index (χ2n) is 4.70. The van der Waals surface area contributed by atoms with E-state index in [4.69, 9.17) is 0 Å². The van der Waals surface area contributed by atoms with Gasteiger partial charge in [0.15, 0.2) is 0 Å². The molecule has 0 bridgehead atoms. The Balaban J connectivity index is 2.24. The molecule has 0 fully saturated rings. The zero-order chi connectivity index (χ0) is 14.4. The molecule has 0 spiro atoms. The molecule has 0 saturated heterocycles. The second-order valence-corrected chi connectivity index (χ2v) is 4.70. The van der Waals surface area contributed by atoms with Gasteiger partial charge in [-0.15, -0.1) is 0 Å². The van der Waals surface area contributed by atoms with Gasteiger partial charge in [-0.1, -0.05) is 19.4 Å². The minimum Gasteiger partial charge on any atom is -0.373 e. The summed E-state index contributed by atoms with van der Waals surface area (Å²) in [7, 11) is 1.88. The van der Waals surface area contributed by atoms with Gasteiger partial charge >= 0.3 is 0 Å². The average Bonchev–Trinajstić information content (AvgIpc) is 2.50. The zero-order valence-electron chi connectivity index (χ0n) is 12.2. The van der Waals surface area contributed by atoms with E-state index in [1.807, 2.05) is 19.3 Å². The van der Waals surface area contributed by atoms with Crippen LogP contribution in [0.1, 0.15) is 37.4 Å². The maximum Gasteiger partial charge on any atom is 0.135 e. The van der Waals surface area contributed by atoms with E-state index < -0.39 is 0 Å². The summed E-state index contributed by atoms with van der Waals surface area (Å²) < 4.78 is 0. The van der Waals surface area contributed by atoms with Crippen molar-refractivity contribution in [3.63, 3.8) is 0 Å². The third kappa shape index (κ3) is 3.23. The van der Waals surface area contributed by atoms with Crippen LogP contribution in [0.4, 0.5) is 11.6 Å². The first-order chi connectivity index (χ1) is 9.76. The average molecular weight is 271 g/mol. The Morgan fingerprint density at radius 1 is 1.25 bits per heavy atom. The van der Waals surface area contributed by atoms with Gasteiger partial charge in [0.1, 0.15) is 18.0 Å². The molecule has 0 aromatic carbocycles. The van der Waals surface area contributed by atoms with Crippen LogP contribution in [0.15, 0.2) is 30.9 Å². The van der Waals surface area contributed by atoms with Crippen LogP contribution in [0.5, 0.6) is 0 Å². The van der Waals surface area contributed by atoms with Crippen molar-refractivity contribution in [1.82, 2.24) is 15.0 Å². The Morgan fingerprint density at radius 3 is 2.70 bits per heavy atom. The van der Waals surface area contributed by atoms with Crippen molar-refractivity contribution < 1.29 is 0 Å². The topological polar surface area (TPSA) is 62.7 Å². The van der Waals surface area contributed by atoms with Crippen molar-refractivity contribution in [3.8, 4) is 0 Å². The first kappa shape index (κ1) is 14.2. The van der Waals surface area contributed by atoms with Crippen molar-refractivity contribution in [1.29, 1.82) is 0 Å². The predicted molar refractivity (Wildman–Crippen MR) is 81.8 cm³/mol. The Kier molecular flexibility index (Phi) is 4.87. The number of pyridine rings is 1. The maximum absolute atomic E-state index is 4.39. The van der Waals surface area contributed by atoms with Crippen LogP contribution in [0, 0.1) is 0 Å². The first-order valence-corrected chi connectivity index (χ1v) is 6.94. The Bertz CT molecular complexity index is 541. The van der Waals surface area contributed by atoms with Crippen molar-refractivity contribution in [2.75, 3.05) is 17.7 Å². The van der Waals surface area contributed by atoms with E-state index in [9.17, 15) is 0 Å². The van der Waals surface area contributed by atoms with Gasteiger partial charge in [0.2, 0.25) is 0 Å². The summed E-state index contributed by atoms with van der Waals surface area (Å²) in [6.07, 6.45) is 7.24. The molecule has 0 saturated carbocycles. The van der Waals surface area contributed by atoms with Crippen LogP contribution in [0.3, 0.4) is 0 Å². The van der Waals surface area contributed by atoms with Gasteiger partial charge in [-0.25, -0.2) is 9.97 Å². The minimum absolute atomic E-state index is 0.152. The molecule has 106 valence electrons. The van der Waals surface area contributed by atoms with E-state index in [-0.39, 0.29) is 6.04 Å². The van der Waals surface area contributed by atoms with Crippen molar-refractivity contribution >= 4 is 11.6 Å². The molecule has 1 unspecified atom stereocenters. The fraction of sp³-hybridized carbons (Fsp3) is 0.400. The highest BCUT2D eigenvalue weighted by Gasteiger charge is 2.13. The van der Waals surface area contributed by atoms with Gasteiger partial charge in [-0.3, -0.25) is 4.98 Å². The number of hydrogen-bond acceptors (Lipinski definition) is 5.